The zero-order chi connectivity index (χ0) is 17.6. The molecule has 132 valence electrons. The average Bonchev–Trinajstić information content (AvgIpc) is 3.13. The molecule has 25 heavy (non-hydrogen) atoms. The van der Waals surface area contributed by atoms with Gasteiger partial charge in [0.05, 0.1) is 12.6 Å². The smallest absolute Gasteiger partial charge is 0.251 e. The van der Waals surface area contributed by atoms with E-state index < -0.39 is 0 Å². The molecule has 1 aliphatic heterocycles. The zero-order valence-electron chi connectivity index (χ0n) is 15.0. The summed E-state index contributed by atoms with van der Waals surface area (Å²) in [7, 11) is 0. The molecule has 1 atom stereocenters. The average molecular weight is 338 g/mol. The predicted octanol–water partition coefficient (Wildman–Crippen LogP) is 3.43. The zero-order valence-corrected chi connectivity index (χ0v) is 15.0. The van der Waals surface area contributed by atoms with Crippen LogP contribution in [0.3, 0.4) is 0 Å². The Morgan fingerprint density at radius 2 is 1.92 bits per heavy atom. The van der Waals surface area contributed by atoms with Gasteiger partial charge in [0.15, 0.2) is 0 Å². The SMILES string of the molecule is CCN(CC)C(CNC(=O)c1ccc2c(c1)CCO2)c1ccccc1. The third-order valence-corrected chi connectivity index (χ3v) is 4.85. The number of ether oxygens (including phenoxy) is 1. The van der Waals surface area contributed by atoms with Crippen molar-refractivity contribution in [3.8, 4) is 5.75 Å². The Balaban J connectivity index is 1.71. The molecule has 1 amide bonds. The van der Waals surface area contributed by atoms with Gasteiger partial charge in [0.1, 0.15) is 5.75 Å². The number of nitrogens with zero attached hydrogens (tertiary/aromatic N) is 1. The van der Waals surface area contributed by atoms with Crippen LogP contribution in [0, 0.1) is 0 Å². The highest BCUT2D eigenvalue weighted by Crippen LogP contribution is 2.26. The fourth-order valence-corrected chi connectivity index (χ4v) is 3.42. The first-order chi connectivity index (χ1) is 12.2. The molecule has 4 heteroatoms. The molecule has 0 fully saturated rings. The van der Waals surface area contributed by atoms with E-state index in [9.17, 15) is 4.79 Å². The highest BCUT2D eigenvalue weighted by atomic mass is 16.5. The molecule has 1 heterocycles. The highest BCUT2D eigenvalue weighted by Gasteiger charge is 2.20. The van der Waals surface area contributed by atoms with Crippen molar-refractivity contribution in [3.05, 3.63) is 65.2 Å². The number of carbonyl (C=O) groups is 1. The second-order valence-corrected chi connectivity index (χ2v) is 6.28. The quantitative estimate of drug-likeness (QED) is 0.841. The summed E-state index contributed by atoms with van der Waals surface area (Å²) >= 11 is 0. The summed E-state index contributed by atoms with van der Waals surface area (Å²) < 4.78 is 5.51. The largest absolute Gasteiger partial charge is 0.493 e. The Bertz CT molecular complexity index is 711. The summed E-state index contributed by atoms with van der Waals surface area (Å²) in [6.45, 7) is 7.50. The van der Waals surface area contributed by atoms with Crippen LogP contribution in [0.15, 0.2) is 48.5 Å². The standard InChI is InChI=1S/C21H26N2O2/c1-3-23(4-2)19(16-8-6-5-7-9-16)15-22-21(24)18-10-11-20-17(14-18)12-13-25-20/h5-11,14,19H,3-4,12-13,15H2,1-2H3,(H,22,24). The van der Waals surface area contributed by atoms with Crippen LogP contribution in [0.1, 0.15) is 41.4 Å². The molecule has 0 saturated carbocycles. The first-order valence-corrected chi connectivity index (χ1v) is 9.05. The first-order valence-electron chi connectivity index (χ1n) is 9.05. The van der Waals surface area contributed by atoms with Gasteiger partial charge in [0.2, 0.25) is 0 Å². The van der Waals surface area contributed by atoms with Gasteiger partial charge >= 0.3 is 0 Å². The van der Waals surface area contributed by atoms with E-state index in [-0.39, 0.29) is 11.9 Å². The van der Waals surface area contributed by atoms with Crippen LogP contribution >= 0.6 is 0 Å². The van der Waals surface area contributed by atoms with Gasteiger partial charge in [-0.3, -0.25) is 9.69 Å². The lowest BCUT2D eigenvalue weighted by molar-refractivity contribution is 0.0935. The predicted molar refractivity (Wildman–Crippen MR) is 100 cm³/mol. The first kappa shape index (κ1) is 17.5. The second kappa shape index (κ2) is 8.17. The molecule has 0 radical (unpaired) electrons. The van der Waals surface area contributed by atoms with Gasteiger partial charge in [-0.25, -0.2) is 0 Å². The molecule has 4 nitrogen and oxygen atoms in total. The van der Waals surface area contributed by atoms with Crippen molar-refractivity contribution in [3.63, 3.8) is 0 Å². The van der Waals surface area contributed by atoms with Crippen LogP contribution in [0.2, 0.25) is 0 Å². The van der Waals surface area contributed by atoms with E-state index in [1.54, 1.807) is 0 Å². The Hall–Kier alpha value is -2.33. The Labute approximate surface area is 149 Å². The Morgan fingerprint density at radius 3 is 2.64 bits per heavy atom. The molecular formula is C21H26N2O2. The van der Waals surface area contributed by atoms with Crippen LogP contribution in [0.25, 0.3) is 0 Å². The topological polar surface area (TPSA) is 41.6 Å². The van der Waals surface area contributed by atoms with Crippen molar-refractivity contribution in [2.45, 2.75) is 26.3 Å². The summed E-state index contributed by atoms with van der Waals surface area (Å²) in [6.07, 6.45) is 0.878. The Kier molecular flexibility index (Phi) is 5.71. The van der Waals surface area contributed by atoms with E-state index >= 15 is 0 Å². The van der Waals surface area contributed by atoms with Gasteiger partial charge in [-0.1, -0.05) is 44.2 Å². The third kappa shape index (κ3) is 4.02. The van der Waals surface area contributed by atoms with Crippen molar-refractivity contribution in [1.29, 1.82) is 0 Å². The maximum Gasteiger partial charge on any atom is 0.251 e. The number of carbonyl (C=O) groups excluding carboxylic acids is 1. The highest BCUT2D eigenvalue weighted by molar-refractivity contribution is 5.94. The van der Waals surface area contributed by atoms with E-state index in [2.05, 4.69) is 36.2 Å². The summed E-state index contributed by atoms with van der Waals surface area (Å²) in [5.41, 5.74) is 3.06. The molecule has 1 N–H and O–H groups in total. The van der Waals surface area contributed by atoms with Crippen molar-refractivity contribution >= 4 is 5.91 Å². The molecule has 3 rings (SSSR count). The van der Waals surface area contributed by atoms with Crippen LogP contribution in [0.4, 0.5) is 0 Å². The third-order valence-electron chi connectivity index (χ3n) is 4.85. The fraction of sp³-hybridized carbons (Fsp3) is 0.381. The van der Waals surface area contributed by atoms with Gasteiger partial charge in [-0.05, 0) is 42.4 Å². The van der Waals surface area contributed by atoms with Gasteiger partial charge < -0.3 is 10.1 Å². The number of hydrogen-bond acceptors (Lipinski definition) is 3. The lowest BCUT2D eigenvalue weighted by Crippen LogP contribution is -2.38. The number of nitrogens with one attached hydrogen (secondary N) is 1. The molecule has 0 aromatic heterocycles. The van der Waals surface area contributed by atoms with Crippen molar-refractivity contribution < 1.29 is 9.53 Å². The summed E-state index contributed by atoms with van der Waals surface area (Å²) in [4.78, 5) is 15.0. The van der Waals surface area contributed by atoms with Gasteiger partial charge in [-0.15, -0.1) is 0 Å². The van der Waals surface area contributed by atoms with Crippen molar-refractivity contribution in [2.75, 3.05) is 26.2 Å². The lowest BCUT2D eigenvalue weighted by Gasteiger charge is -2.30. The van der Waals surface area contributed by atoms with Crippen LogP contribution in [-0.2, 0) is 6.42 Å². The van der Waals surface area contributed by atoms with Crippen LogP contribution < -0.4 is 10.1 Å². The van der Waals surface area contributed by atoms with Gasteiger partial charge in [0.25, 0.3) is 5.91 Å². The minimum absolute atomic E-state index is 0.0252. The fourth-order valence-electron chi connectivity index (χ4n) is 3.42. The summed E-state index contributed by atoms with van der Waals surface area (Å²) in [6, 6.07) is 16.2. The summed E-state index contributed by atoms with van der Waals surface area (Å²) in [5.74, 6) is 0.879. The van der Waals surface area contributed by atoms with Crippen molar-refractivity contribution in [2.24, 2.45) is 0 Å². The number of rotatable bonds is 7. The molecule has 1 unspecified atom stereocenters. The summed E-state index contributed by atoms with van der Waals surface area (Å²) in [5, 5.41) is 3.12. The van der Waals surface area contributed by atoms with E-state index in [0.717, 1.165) is 30.8 Å². The van der Waals surface area contributed by atoms with Crippen LogP contribution in [-0.4, -0.2) is 37.0 Å². The molecule has 0 saturated heterocycles. The van der Waals surface area contributed by atoms with Gasteiger partial charge in [-0.2, -0.15) is 0 Å². The lowest BCUT2D eigenvalue weighted by atomic mass is 10.0. The molecule has 0 spiro atoms. The minimum Gasteiger partial charge on any atom is -0.493 e. The number of hydrogen-bond donors (Lipinski definition) is 1. The maximum atomic E-state index is 12.6. The molecule has 2 aromatic rings. The van der Waals surface area contributed by atoms with Crippen molar-refractivity contribution in [1.82, 2.24) is 10.2 Å². The molecule has 0 aliphatic carbocycles. The number of amides is 1. The van der Waals surface area contributed by atoms with E-state index in [1.807, 2.05) is 36.4 Å². The number of benzene rings is 2. The molecule has 0 bridgehead atoms. The Morgan fingerprint density at radius 1 is 1.16 bits per heavy atom. The number of fused-ring (bicyclic) bond motifs is 1. The van der Waals surface area contributed by atoms with E-state index in [4.69, 9.17) is 4.74 Å². The molecule has 1 aliphatic rings. The van der Waals surface area contributed by atoms with Gasteiger partial charge in [0, 0.05) is 18.5 Å². The monoisotopic (exact) mass is 338 g/mol. The molecule has 2 aromatic carbocycles. The normalized spacial score (nSPS) is 14.0. The second-order valence-electron chi connectivity index (χ2n) is 6.28. The van der Waals surface area contributed by atoms with E-state index in [0.29, 0.717) is 18.7 Å². The maximum absolute atomic E-state index is 12.6. The minimum atomic E-state index is -0.0252. The van der Waals surface area contributed by atoms with E-state index in [1.165, 1.54) is 5.56 Å². The number of likely N-dealkylation sites (N-methyl/N-ethyl adjacent to an activating group) is 1. The molecular weight excluding hydrogens is 312 g/mol. The van der Waals surface area contributed by atoms with Crippen LogP contribution in [0.5, 0.6) is 5.75 Å².